The highest BCUT2D eigenvalue weighted by atomic mass is 32.1. The highest BCUT2D eigenvalue weighted by molar-refractivity contribution is 7.71. The van der Waals surface area contributed by atoms with Gasteiger partial charge < -0.3 is 19.6 Å². The number of carboxylic acid groups (broad SMARTS) is 1. The third-order valence-corrected chi connectivity index (χ3v) is 4.04. The van der Waals surface area contributed by atoms with Gasteiger partial charge >= 0.3 is 0 Å². The standard InChI is InChI=1S/C17H14N2O4S/c1-23-12-5-2-10(3-6-12)9-19-15(20)13-7-4-11(16(21)22)8-14(13)18-17(19)24/h2-8H,9H2,1H3,(H,18,24)(H,21,22)/p-1. The van der Waals surface area contributed by atoms with Gasteiger partial charge in [0.05, 0.1) is 30.5 Å². The largest absolute Gasteiger partial charge is 0.545 e. The number of hydrogen-bond acceptors (Lipinski definition) is 5. The predicted octanol–water partition coefficient (Wildman–Crippen LogP) is 1.48. The number of carboxylic acids is 1. The van der Waals surface area contributed by atoms with Crippen molar-refractivity contribution in [2.24, 2.45) is 0 Å². The molecule has 0 bridgehead atoms. The first-order valence-electron chi connectivity index (χ1n) is 7.11. The highest BCUT2D eigenvalue weighted by Crippen LogP contribution is 2.14. The van der Waals surface area contributed by atoms with Crippen molar-refractivity contribution < 1.29 is 14.6 Å². The van der Waals surface area contributed by atoms with Crippen LogP contribution in [0.5, 0.6) is 5.75 Å². The van der Waals surface area contributed by atoms with Gasteiger partial charge in [-0.1, -0.05) is 18.2 Å². The summed E-state index contributed by atoms with van der Waals surface area (Å²) in [6.07, 6.45) is 0. The Kier molecular flexibility index (Phi) is 4.18. The molecule has 0 saturated heterocycles. The van der Waals surface area contributed by atoms with E-state index in [0.717, 1.165) is 11.3 Å². The minimum absolute atomic E-state index is 0.0135. The van der Waals surface area contributed by atoms with Gasteiger partial charge in [-0.25, -0.2) is 0 Å². The summed E-state index contributed by atoms with van der Waals surface area (Å²) in [4.78, 5) is 26.5. The van der Waals surface area contributed by atoms with Crippen molar-refractivity contribution >= 4 is 29.1 Å². The first-order chi connectivity index (χ1) is 11.5. The molecule has 0 amide bonds. The molecule has 0 aliphatic carbocycles. The lowest BCUT2D eigenvalue weighted by Gasteiger charge is -2.10. The molecule has 1 N–H and O–H groups in total. The van der Waals surface area contributed by atoms with Crippen molar-refractivity contribution in [3.8, 4) is 5.75 Å². The Morgan fingerprint density at radius 3 is 2.58 bits per heavy atom. The number of H-pyrrole nitrogens is 1. The number of nitrogens with zero attached hydrogens (tertiary/aromatic N) is 1. The summed E-state index contributed by atoms with van der Waals surface area (Å²) in [6, 6.07) is 11.5. The van der Waals surface area contributed by atoms with E-state index in [2.05, 4.69) is 4.98 Å². The molecule has 6 nitrogen and oxygen atoms in total. The molecule has 0 spiro atoms. The molecule has 0 atom stereocenters. The van der Waals surface area contributed by atoms with Crippen molar-refractivity contribution in [2.45, 2.75) is 6.54 Å². The van der Waals surface area contributed by atoms with Crippen LogP contribution in [0.2, 0.25) is 0 Å². The summed E-state index contributed by atoms with van der Waals surface area (Å²) in [5, 5.41) is 11.3. The Hall–Kier alpha value is -2.93. The van der Waals surface area contributed by atoms with Crippen LogP contribution in [0.1, 0.15) is 15.9 Å². The van der Waals surface area contributed by atoms with Crippen LogP contribution in [0, 0.1) is 4.77 Å². The maximum absolute atomic E-state index is 12.6. The zero-order valence-electron chi connectivity index (χ0n) is 12.7. The van der Waals surface area contributed by atoms with E-state index in [4.69, 9.17) is 17.0 Å². The minimum Gasteiger partial charge on any atom is -0.545 e. The summed E-state index contributed by atoms with van der Waals surface area (Å²) in [7, 11) is 1.58. The maximum atomic E-state index is 12.6. The molecule has 0 unspecified atom stereocenters. The van der Waals surface area contributed by atoms with Crippen LogP contribution in [-0.2, 0) is 6.54 Å². The van der Waals surface area contributed by atoms with Gasteiger partial charge in [0, 0.05) is 0 Å². The number of nitrogens with one attached hydrogen (secondary N) is 1. The van der Waals surface area contributed by atoms with Gasteiger partial charge in [-0.2, -0.15) is 0 Å². The molecule has 0 saturated carbocycles. The zero-order valence-corrected chi connectivity index (χ0v) is 13.6. The average molecular weight is 341 g/mol. The topological polar surface area (TPSA) is 87.2 Å². The Bertz CT molecular complexity index is 1040. The normalized spacial score (nSPS) is 10.7. The van der Waals surface area contributed by atoms with Crippen LogP contribution in [0.15, 0.2) is 47.3 Å². The van der Waals surface area contributed by atoms with Crippen LogP contribution >= 0.6 is 12.2 Å². The molecule has 1 heterocycles. The third-order valence-electron chi connectivity index (χ3n) is 3.72. The predicted molar refractivity (Wildman–Crippen MR) is 89.8 cm³/mol. The van der Waals surface area contributed by atoms with Gasteiger partial charge in [-0.05, 0) is 47.6 Å². The molecule has 0 radical (unpaired) electrons. The van der Waals surface area contributed by atoms with E-state index in [1.807, 2.05) is 12.1 Å². The van der Waals surface area contributed by atoms with Gasteiger partial charge in [-0.3, -0.25) is 9.36 Å². The van der Waals surface area contributed by atoms with Gasteiger partial charge in [-0.15, -0.1) is 0 Å². The molecule has 1 aromatic heterocycles. The SMILES string of the molecule is COc1ccc(Cn2c(=S)[nH]c3cc(C(=O)[O-])ccc3c2=O)cc1. The first-order valence-corrected chi connectivity index (χ1v) is 7.51. The van der Waals surface area contributed by atoms with Crippen LogP contribution in [-0.4, -0.2) is 22.6 Å². The van der Waals surface area contributed by atoms with Crippen molar-refractivity contribution in [2.75, 3.05) is 7.11 Å². The summed E-state index contributed by atoms with van der Waals surface area (Å²) in [5.74, 6) is -0.580. The Morgan fingerprint density at radius 1 is 1.25 bits per heavy atom. The minimum atomic E-state index is -1.31. The fraction of sp³-hybridized carbons (Fsp3) is 0.118. The number of methoxy groups -OCH3 is 1. The number of aromatic amines is 1. The number of rotatable bonds is 4. The Labute approximate surface area is 142 Å². The van der Waals surface area contributed by atoms with Gasteiger partial charge in [0.2, 0.25) is 0 Å². The number of fused-ring (bicyclic) bond motifs is 1. The number of carbonyl (C=O) groups is 1. The fourth-order valence-corrected chi connectivity index (χ4v) is 2.70. The van der Waals surface area contributed by atoms with Gasteiger partial charge in [0.1, 0.15) is 5.75 Å². The molecule has 0 aliphatic rings. The lowest BCUT2D eigenvalue weighted by atomic mass is 10.1. The van der Waals surface area contributed by atoms with Gasteiger partial charge in [0.15, 0.2) is 4.77 Å². The fourth-order valence-electron chi connectivity index (χ4n) is 2.44. The third kappa shape index (κ3) is 2.93. The molecular formula is C17H13N2O4S-. The summed E-state index contributed by atoms with van der Waals surface area (Å²) < 4.78 is 6.76. The smallest absolute Gasteiger partial charge is 0.262 e. The quantitative estimate of drug-likeness (QED) is 0.726. The second kappa shape index (κ2) is 6.29. The molecule has 24 heavy (non-hydrogen) atoms. The van der Waals surface area contributed by atoms with Crippen molar-refractivity contribution in [3.05, 3.63) is 68.7 Å². The van der Waals surface area contributed by atoms with Crippen molar-refractivity contribution in [1.82, 2.24) is 9.55 Å². The zero-order chi connectivity index (χ0) is 17.3. The highest BCUT2D eigenvalue weighted by Gasteiger charge is 2.08. The van der Waals surface area contributed by atoms with Crippen molar-refractivity contribution in [3.63, 3.8) is 0 Å². The van der Waals surface area contributed by atoms with Crippen LogP contribution in [0.3, 0.4) is 0 Å². The molecule has 122 valence electrons. The number of carbonyl (C=O) groups excluding carboxylic acids is 1. The van der Waals surface area contributed by atoms with Crippen LogP contribution in [0.25, 0.3) is 10.9 Å². The lowest BCUT2D eigenvalue weighted by molar-refractivity contribution is -0.255. The molecular weight excluding hydrogens is 328 g/mol. The molecule has 0 aliphatic heterocycles. The van der Waals surface area contributed by atoms with Gasteiger partial charge in [0.25, 0.3) is 5.56 Å². The van der Waals surface area contributed by atoms with Crippen LogP contribution < -0.4 is 15.4 Å². The van der Waals surface area contributed by atoms with Crippen LogP contribution in [0.4, 0.5) is 0 Å². The summed E-state index contributed by atoms with van der Waals surface area (Å²) in [5.41, 5.74) is 0.968. The van der Waals surface area contributed by atoms with Crippen molar-refractivity contribution in [1.29, 1.82) is 0 Å². The maximum Gasteiger partial charge on any atom is 0.262 e. The number of ether oxygens (including phenoxy) is 1. The number of benzene rings is 2. The molecule has 7 heteroatoms. The Balaban J connectivity index is 2.08. The first kappa shape index (κ1) is 15.9. The Morgan fingerprint density at radius 2 is 1.96 bits per heavy atom. The molecule has 3 rings (SSSR count). The number of aromatic carboxylic acids is 1. The molecule has 2 aromatic carbocycles. The summed E-state index contributed by atoms with van der Waals surface area (Å²) >= 11 is 5.24. The lowest BCUT2D eigenvalue weighted by Crippen LogP contribution is -2.24. The second-order valence-electron chi connectivity index (χ2n) is 5.22. The van der Waals surface area contributed by atoms with E-state index >= 15 is 0 Å². The number of aromatic nitrogens is 2. The van der Waals surface area contributed by atoms with E-state index in [-0.39, 0.29) is 15.9 Å². The average Bonchev–Trinajstić information content (AvgIpc) is 2.58. The summed E-state index contributed by atoms with van der Waals surface area (Å²) in [6.45, 7) is 0.302. The second-order valence-corrected chi connectivity index (χ2v) is 5.60. The molecule has 0 fully saturated rings. The van der Waals surface area contributed by atoms with E-state index < -0.39 is 5.97 Å². The van der Waals surface area contributed by atoms with E-state index in [0.29, 0.717) is 17.4 Å². The molecule has 3 aromatic rings. The van der Waals surface area contributed by atoms with E-state index in [9.17, 15) is 14.7 Å². The van der Waals surface area contributed by atoms with E-state index in [1.54, 1.807) is 19.2 Å². The monoisotopic (exact) mass is 341 g/mol. The number of hydrogen-bond donors (Lipinski definition) is 1. The van der Waals surface area contributed by atoms with E-state index in [1.165, 1.54) is 22.8 Å².